The molecule has 5 rings (SSSR count). The Balaban J connectivity index is 1.61. The molecule has 0 unspecified atom stereocenters. The summed E-state index contributed by atoms with van der Waals surface area (Å²) in [6, 6.07) is 14.3. The minimum atomic E-state index is 0.468. The van der Waals surface area contributed by atoms with Gasteiger partial charge in [-0.2, -0.15) is 4.98 Å². The van der Waals surface area contributed by atoms with Crippen molar-refractivity contribution in [1.29, 1.82) is 0 Å². The van der Waals surface area contributed by atoms with Crippen LogP contribution in [-0.4, -0.2) is 26.2 Å². The van der Waals surface area contributed by atoms with Crippen molar-refractivity contribution >= 4 is 10.8 Å². The van der Waals surface area contributed by atoms with E-state index in [9.17, 15) is 0 Å². The number of hydrogen-bond donors (Lipinski definition) is 1. The van der Waals surface area contributed by atoms with E-state index >= 15 is 0 Å². The lowest BCUT2D eigenvalue weighted by molar-refractivity contribution is 0.429. The average Bonchev–Trinajstić information content (AvgIpc) is 3.28. The molecule has 2 aromatic carbocycles. The summed E-state index contributed by atoms with van der Waals surface area (Å²) in [4.78, 5) is 9.06. The zero-order valence-electron chi connectivity index (χ0n) is 12.9. The summed E-state index contributed by atoms with van der Waals surface area (Å²) in [7, 11) is 0. The van der Waals surface area contributed by atoms with E-state index in [2.05, 4.69) is 43.2 Å². The second-order valence-corrected chi connectivity index (χ2v) is 5.86. The minimum absolute atomic E-state index is 0.468. The van der Waals surface area contributed by atoms with Gasteiger partial charge in [-0.1, -0.05) is 47.6 Å². The molecule has 0 atom stereocenters. The molecular formula is C18H15N5O. The first-order valence-electron chi connectivity index (χ1n) is 7.97. The molecule has 0 saturated carbocycles. The predicted octanol–water partition coefficient (Wildman–Crippen LogP) is 2.86. The minimum Gasteiger partial charge on any atom is -0.332 e. The third-order valence-electron chi connectivity index (χ3n) is 4.43. The van der Waals surface area contributed by atoms with E-state index in [1.54, 1.807) is 0 Å². The van der Waals surface area contributed by atoms with Gasteiger partial charge in [0.25, 0.3) is 5.89 Å². The fourth-order valence-electron chi connectivity index (χ4n) is 3.22. The number of nitrogens with zero attached hydrogens (tertiary/aromatic N) is 4. The average molecular weight is 317 g/mol. The molecule has 6 nitrogen and oxygen atoms in total. The maximum Gasteiger partial charge on any atom is 0.278 e. The van der Waals surface area contributed by atoms with Crippen LogP contribution in [0.1, 0.15) is 5.69 Å². The number of fused-ring (bicyclic) bond motifs is 2. The Kier molecular flexibility index (Phi) is 2.96. The van der Waals surface area contributed by atoms with Crippen LogP contribution >= 0.6 is 0 Å². The molecule has 24 heavy (non-hydrogen) atoms. The van der Waals surface area contributed by atoms with Crippen LogP contribution in [0.5, 0.6) is 0 Å². The molecule has 1 N–H and O–H groups in total. The quantitative estimate of drug-likeness (QED) is 0.616. The van der Waals surface area contributed by atoms with Crippen molar-refractivity contribution in [3.63, 3.8) is 0 Å². The topological polar surface area (TPSA) is 68.8 Å². The van der Waals surface area contributed by atoms with Crippen molar-refractivity contribution in [3.05, 3.63) is 54.5 Å². The van der Waals surface area contributed by atoms with Gasteiger partial charge >= 0.3 is 0 Å². The molecule has 6 heteroatoms. The normalized spacial score (nSPS) is 14.0. The number of imidazole rings is 1. The van der Waals surface area contributed by atoms with Crippen LogP contribution in [0.2, 0.25) is 0 Å². The molecule has 1 aliphatic rings. The lowest BCUT2D eigenvalue weighted by Crippen LogP contribution is -2.27. The molecule has 0 amide bonds. The Morgan fingerprint density at radius 3 is 3.00 bits per heavy atom. The molecule has 0 fully saturated rings. The Morgan fingerprint density at radius 2 is 2.00 bits per heavy atom. The summed E-state index contributed by atoms with van der Waals surface area (Å²) in [6.07, 6.45) is 1.84. The standard InChI is InChI=1S/C18H15N5O/c1-2-6-13-12(4-1)5-3-7-14(13)17-21-18(24-22-17)16-15-10-19-8-9-23(15)11-20-16/h1-7,11,19H,8-10H2. The lowest BCUT2D eigenvalue weighted by Gasteiger charge is -2.15. The van der Waals surface area contributed by atoms with Gasteiger partial charge in [0.2, 0.25) is 5.82 Å². The second kappa shape index (κ2) is 5.28. The van der Waals surface area contributed by atoms with Crippen LogP contribution in [0, 0.1) is 0 Å². The summed E-state index contributed by atoms with van der Waals surface area (Å²) in [5.41, 5.74) is 2.82. The summed E-state index contributed by atoms with van der Waals surface area (Å²) in [5.74, 6) is 1.06. The van der Waals surface area contributed by atoms with Gasteiger partial charge in [0.1, 0.15) is 0 Å². The molecule has 0 aliphatic carbocycles. The molecule has 0 radical (unpaired) electrons. The summed E-state index contributed by atoms with van der Waals surface area (Å²) in [5, 5.41) is 9.80. The van der Waals surface area contributed by atoms with Gasteiger partial charge in [-0.05, 0) is 10.8 Å². The molecule has 118 valence electrons. The van der Waals surface area contributed by atoms with Gasteiger partial charge < -0.3 is 14.4 Å². The number of nitrogens with one attached hydrogen (secondary N) is 1. The molecule has 4 aromatic rings. The molecule has 2 aromatic heterocycles. The van der Waals surface area contributed by atoms with Gasteiger partial charge in [-0.25, -0.2) is 4.98 Å². The van der Waals surface area contributed by atoms with Crippen molar-refractivity contribution < 1.29 is 4.52 Å². The van der Waals surface area contributed by atoms with Crippen LogP contribution in [0.25, 0.3) is 33.7 Å². The third-order valence-corrected chi connectivity index (χ3v) is 4.43. The maximum atomic E-state index is 5.51. The van der Waals surface area contributed by atoms with Crippen molar-refractivity contribution in [2.24, 2.45) is 0 Å². The van der Waals surface area contributed by atoms with Gasteiger partial charge in [-0.3, -0.25) is 0 Å². The van der Waals surface area contributed by atoms with Crippen LogP contribution < -0.4 is 5.32 Å². The van der Waals surface area contributed by atoms with Crippen molar-refractivity contribution in [3.8, 4) is 23.0 Å². The van der Waals surface area contributed by atoms with E-state index in [0.717, 1.165) is 47.4 Å². The van der Waals surface area contributed by atoms with E-state index in [1.807, 2.05) is 30.6 Å². The molecule has 1 aliphatic heterocycles. The first-order chi connectivity index (χ1) is 11.9. The van der Waals surface area contributed by atoms with E-state index in [-0.39, 0.29) is 0 Å². The zero-order valence-corrected chi connectivity index (χ0v) is 12.9. The van der Waals surface area contributed by atoms with E-state index in [0.29, 0.717) is 11.7 Å². The maximum absolute atomic E-state index is 5.51. The van der Waals surface area contributed by atoms with Crippen LogP contribution in [-0.2, 0) is 13.1 Å². The highest BCUT2D eigenvalue weighted by molar-refractivity contribution is 5.95. The van der Waals surface area contributed by atoms with Gasteiger partial charge in [0.05, 0.1) is 12.0 Å². The summed E-state index contributed by atoms with van der Waals surface area (Å²) < 4.78 is 7.65. The zero-order chi connectivity index (χ0) is 15.9. The van der Waals surface area contributed by atoms with Crippen molar-refractivity contribution in [2.75, 3.05) is 6.54 Å². The first-order valence-corrected chi connectivity index (χ1v) is 7.97. The Morgan fingerprint density at radius 1 is 1.08 bits per heavy atom. The largest absolute Gasteiger partial charge is 0.332 e. The predicted molar refractivity (Wildman–Crippen MR) is 90.2 cm³/mol. The number of rotatable bonds is 2. The van der Waals surface area contributed by atoms with E-state index in [4.69, 9.17) is 4.52 Å². The van der Waals surface area contributed by atoms with Crippen LogP contribution in [0.4, 0.5) is 0 Å². The molecule has 0 spiro atoms. The van der Waals surface area contributed by atoms with Gasteiger partial charge in [-0.15, -0.1) is 0 Å². The molecular weight excluding hydrogens is 302 g/mol. The van der Waals surface area contributed by atoms with E-state index in [1.165, 1.54) is 0 Å². The Labute approximate surface area is 138 Å². The lowest BCUT2D eigenvalue weighted by atomic mass is 10.0. The molecule has 0 bridgehead atoms. The van der Waals surface area contributed by atoms with Gasteiger partial charge in [0.15, 0.2) is 5.69 Å². The SMILES string of the molecule is c1ccc2c(-c3noc(-c4ncn5c4CNCC5)n3)cccc2c1. The van der Waals surface area contributed by atoms with Gasteiger partial charge in [0, 0.05) is 25.2 Å². The monoisotopic (exact) mass is 317 g/mol. The molecule has 0 saturated heterocycles. The number of hydrogen-bond acceptors (Lipinski definition) is 5. The fraction of sp³-hybridized carbons (Fsp3) is 0.167. The van der Waals surface area contributed by atoms with Crippen LogP contribution in [0.15, 0.2) is 53.3 Å². The summed E-state index contributed by atoms with van der Waals surface area (Å²) in [6.45, 7) is 2.63. The highest BCUT2D eigenvalue weighted by Crippen LogP contribution is 2.29. The van der Waals surface area contributed by atoms with Crippen LogP contribution in [0.3, 0.4) is 0 Å². The highest BCUT2D eigenvalue weighted by Gasteiger charge is 2.21. The number of benzene rings is 2. The first kappa shape index (κ1) is 13.4. The van der Waals surface area contributed by atoms with E-state index < -0.39 is 0 Å². The Bertz CT molecular complexity index is 1030. The van der Waals surface area contributed by atoms with Crippen molar-refractivity contribution in [2.45, 2.75) is 13.1 Å². The fourth-order valence-corrected chi connectivity index (χ4v) is 3.22. The third kappa shape index (κ3) is 2.04. The second-order valence-electron chi connectivity index (χ2n) is 5.86. The highest BCUT2D eigenvalue weighted by atomic mass is 16.5. The number of aromatic nitrogens is 4. The van der Waals surface area contributed by atoms with Crippen molar-refractivity contribution in [1.82, 2.24) is 25.0 Å². The Hall–Kier alpha value is -2.99. The smallest absolute Gasteiger partial charge is 0.278 e. The summed E-state index contributed by atoms with van der Waals surface area (Å²) >= 11 is 0. The molecule has 3 heterocycles.